The highest BCUT2D eigenvalue weighted by molar-refractivity contribution is 6.31. The lowest BCUT2D eigenvalue weighted by molar-refractivity contribution is 0.151. The second-order valence-electron chi connectivity index (χ2n) is 2.20. The highest BCUT2D eigenvalue weighted by Gasteiger charge is 2.12. The number of nitrogens with two attached hydrogens (primary N) is 1. The third kappa shape index (κ3) is 1.89. The minimum absolute atomic E-state index is 0.0143. The Labute approximate surface area is 73.4 Å². The first kappa shape index (κ1) is 9.35. The molecule has 0 aromatic carbocycles. The molecule has 1 heterocycles. The van der Waals surface area contributed by atoms with Crippen LogP contribution in [0.3, 0.4) is 0 Å². The van der Waals surface area contributed by atoms with E-state index in [0.717, 1.165) is 6.20 Å². The number of rotatable bonds is 2. The SMILES string of the molecule is NCc1cc(Cl)c(C(F)F)cn1. The van der Waals surface area contributed by atoms with Crippen molar-refractivity contribution in [2.75, 3.05) is 0 Å². The van der Waals surface area contributed by atoms with Gasteiger partial charge in [0.15, 0.2) is 0 Å². The van der Waals surface area contributed by atoms with Crippen molar-refractivity contribution >= 4 is 11.6 Å². The van der Waals surface area contributed by atoms with Crippen LogP contribution in [0.4, 0.5) is 8.78 Å². The molecule has 0 aliphatic rings. The molecule has 0 amide bonds. The minimum Gasteiger partial charge on any atom is -0.325 e. The molecule has 66 valence electrons. The number of aromatic nitrogens is 1. The average molecular weight is 193 g/mol. The smallest absolute Gasteiger partial charge is 0.266 e. The first-order chi connectivity index (χ1) is 5.65. The molecule has 1 aromatic rings. The zero-order valence-corrected chi connectivity index (χ0v) is 6.85. The maximum Gasteiger partial charge on any atom is 0.266 e. The molecular weight excluding hydrogens is 186 g/mol. The average Bonchev–Trinajstić information content (AvgIpc) is 2.03. The van der Waals surface area contributed by atoms with Gasteiger partial charge in [-0.25, -0.2) is 8.78 Å². The number of hydrogen-bond acceptors (Lipinski definition) is 2. The third-order valence-electron chi connectivity index (χ3n) is 1.38. The third-order valence-corrected chi connectivity index (χ3v) is 1.71. The molecule has 1 rings (SSSR count). The maximum atomic E-state index is 12.1. The van der Waals surface area contributed by atoms with Crippen LogP contribution in [0.15, 0.2) is 12.3 Å². The van der Waals surface area contributed by atoms with Crippen LogP contribution in [-0.2, 0) is 6.54 Å². The molecule has 0 bridgehead atoms. The molecule has 5 heteroatoms. The topological polar surface area (TPSA) is 38.9 Å². The molecule has 0 aliphatic heterocycles. The van der Waals surface area contributed by atoms with Crippen molar-refractivity contribution < 1.29 is 8.78 Å². The summed E-state index contributed by atoms with van der Waals surface area (Å²) in [7, 11) is 0. The number of nitrogens with zero attached hydrogens (tertiary/aromatic N) is 1. The lowest BCUT2D eigenvalue weighted by atomic mass is 10.2. The van der Waals surface area contributed by atoms with Gasteiger partial charge >= 0.3 is 0 Å². The molecule has 0 aliphatic carbocycles. The van der Waals surface area contributed by atoms with Gasteiger partial charge in [-0.05, 0) is 6.07 Å². The first-order valence-corrected chi connectivity index (χ1v) is 3.65. The summed E-state index contributed by atoms with van der Waals surface area (Å²) in [6.07, 6.45) is -1.54. The lowest BCUT2D eigenvalue weighted by Crippen LogP contribution is -2.00. The zero-order valence-electron chi connectivity index (χ0n) is 6.10. The van der Waals surface area contributed by atoms with Crippen molar-refractivity contribution in [3.63, 3.8) is 0 Å². The highest BCUT2D eigenvalue weighted by Crippen LogP contribution is 2.26. The molecule has 0 unspecified atom stereocenters. The molecule has 12 heavy (non-hydrogen) atoms. The summed E-state index contributed by atoms with van der Waals surface area (Å²) in [5.74, 6) is 0. The highest BCUT2D eigenvalue weighted by atomic mass is 35.5. The Hall–Kier alpha value is -0.740. The minimum atomic E-state index is -2.59. The zero-order chi connectivity index (χ0) is 9.14. The van der Waals surface area contributed by atoms with Gasteiger partial charge in [-0.2, -0.15) is 0 Å². The molecule has 0 spiro atoms. The number of pyridine rings is 1. The standard InChI is InChI=1S/C7H7ClF2N2/c8-6-1-4(2-11)12-3-5(6)7(9)10/h1,3,7H,2,11H2. The Morgan fingerprint density at radius 1 is 1.58 bits per heavy atom. The van der Waals surface area contributed by atoms with E-state index in [1.165, 1.54) is 6.07 Å². The van der Waals surface area contributed by atoms with E-state index in [1.807, 2.05) is 0 Å². The second-order valence-corrected chi connectivity index (χ2v) is 2.61. The molecule has 2 N–H and O–H groups in total. The first-order valence-electron chi connectivity index (χ1n) is 3.27. The van der Waals surface area contributed by atoms with Crippen molar-refractivity contribution in [2.24, 2.45) is 5.73 Å². The summed E-state index contributed by atoms with van der Waals surface area (Å²) in [4.78, 5) is 3.69. The van der Waals surface area contributed by atoms with E-state index < -0.39 is 6.43 Å². The van der Waals surface area contributed by atoms with Crippen molar-refractivity contribution in [2.45, 2.75) is 13.0 Å². The van der Waals surface area contributed by atoms with E-state index in [-0.39, 0.29) is 17.1 Å². The number of hydrogen-bond donors (Lipinski definition) is 1. The van der Waals surface area contributed by atoms with Crippen LogP contribution in [0, 0.1) is 0 Å². The fourth-order valence-electron chi connectivity index (χ4n) is 0.753. The van der Waals surface area contributed by atoms with Crippen LogP contribution >= 0.6 is 11.6 Å². The molecule has 1 aromatic heterocycles. The Balaban J connectivity index is 3.03. The summed E-state index contributed by atoms with van der Waals surface area (Å²) < 4.78 is 24.2. The van der Waals surface area contributed by atoms with Crippen LogP contribution in [-0.4, -0.2) is 4.98 Å². The monoisotopic (exact) mass is 192 g/mol. The van der Waals surface area contributed by atoms with E-state index >= 15 is 0 Å². The summed E-state index contributed by atoms with van der Waals surface area (Å²) in [5.41, 5.74) is 5.48. The maximum absolute atomic E-state index is 12.1. The fraction of sp³-hybridized carbons (Fsp3) is 0.286. The predicted octanol–water partition coefficient (Wildman–Crippen LogP) is 2.13. The van der Waals surface area contributed by atoms with Gasteiger partial charge in [0.1, 0.15) is 0 Å². The summed E-state index contributed by atoms with van der Waals surface area (Å²) in [6.45, 7) is 0.198. The molecule has 0 fully saturated rings. The second kappa shape index (κ2) is 3.78. The van der Waals surface area contributed by atoms with Crippen molar-refractivity contribution in [1.29, 1.82) is 0 Å². The Morgan fingerprint density at radius 2 is 2.25 bits per heavy atom. The molecule has 0 saturated carbocycles. The van der Waals surface area contributed by atoms with Gasteiger partial charge in [0, 0.05) is 12.7 Å². The van der Waals surface area contributed by atoms with Gasteiger partial charge in [-0.15, -0.1) is 0 Å². The van der Waals surface area contributed by atoms with Crippen molar-refractivity contribution in [3.8, 4) is 0 Å². The number of halogens is 3. The summed E-state index contributed by atoms with van der Waals surface area (Å²) >= 11 is 5.53. The largest absolute Gasteiger partial charge is 0.325 e. The van der Waals surface area contributed by atoms with Crippen molar-refractivity contribution in [1.82, 2.24) is 4.98 Å². The van der Waals surface area contributed by atoms with Crippen LogP contribution in [0.2, 0.25) is 5.02 Å². The van der Waals surface area contributed by atoms with Crippen LogP contribution in [0.5, 0.6) is 0 Å². The van der Waals surface area contributed by atoms with Crippen LogP contribution in [0.25, 0.3) is 0 Å². The van der Waals surface area contributed by atoms with Crippen LogP contribution < -0.4 is 5.73 Å². The summed E-state index contributed by atoms with van der Waals surface area (Å²) in [5, 5.41) is 0.0143. The quantitative estimate of drug-likeness (QED) is 0.780. The van der Waals surface area contributed by atoms with Gasteiger partial charge in [-0.1, -0.05) is 11.6 Å². The molecule has 0 saturated heterocycles. The Kier molecular flexibility index (Phi) is 2.94. The molecule has 0 radical (unpaired) electrons. The Morgan fingerprint density at radius 3 is 2.67 bits per heavy atom. The van der Waals surface area contributed by atoms with Gasteiger partial charge in [0.2, 0.25) is 0 Å². The van der Waals surface area contributed by atoms with E-state index in [1.54, 1.807) is 0 Å². The van der Waals surface area contributed by atoms with Crippen molar-refractivity contribution in [3.05, 3.63) is 28.5 Å². The lowest BCUT2D eigenvalue weighted by Gasteiger charge is -2.03. The fourth-order valence-corrected chi connectivity index (χ4v) is 1.01. The van der Waals surface area contributed by atoms with Gasteiger partial charge in [0.05, 0.1) is 16.3 Å². The summed E-state index contributed by atoms with van der Waals surface area (Å²) in [6, 6.07) is 1.35. The predicted molar refractivity (Wildman–Crippen MR) is 42.1 cm³/mol. The van der Waals surface area contributed by atoms with E-state index in [4.69, 9.17) is 17.3 Å². The van der Waals surface area contributed by atoms with Crippen LogP contribution in [0.1, 0.15) is 17.7 Å². The van der Waals surface area contributed by atoms with Gasteiger partial charge < -0.3 is 5.73 Å². The van der Waals surface area contributed by atoms with E-state index in [0.29, 0.717) is 5.69 Å². The van der Waals surface area contributed by atoms with E-state index in [9.17, 15) is 8.78 Å². The Bertz CT molecular complexity index is 278. The normalized spacial score (nSPS) is 10.8. The molecule has 0 atom stereocenters. The molecule has 2 nitrogen and oxygen atoms in total. The van der Waals surface area contributed by atoms with Gasteiger partial charge in [-0.3, -0.25) is 4.98 Å². The number of alkyl halides is 2. The van der Waals surface area contributed by atoms with E-state index in [2.05, 4.69) is 4.98 Å². The molecular formula is C7H7ClF2N2. The van der Waals surface area contributed by atoms with Gasteiger partial charge in [0.25, 0.3) is 6.43 Å².